The van der Waals surface area contributed by atoms with Crippen LogP contribution in [0.5, 0.6) is 0 Å². The number of rotatable bonds is 2. The SMILES string of the molecule is Cc1cc(S(=O)(=O)c2cncnc2)cc2c3c(n(C)c12)CC1CCC3N1. The predicted octanol–water partition coefficient (Wildman–Crippen LogP) is 2.46. The van der Waals surface area contributed by atoms with Crippen LogP contribution in [0.4, 0.5) is 0 Å². The van der Waals surface area contributed by atoms with Gasteiger partial charge >= 0.3 is 0 Å². The highest BCUT2D eigenvalue weighted by Gasteiger charge is 2.36. The fraction of sp³-hybridized carbons (Fsp3) is 0.368. The number of aryl methyl sites for hydroxylation is 2. The summed E-state index contributed by atoms with van der Waals surface area (Å²) in [4.78, 5) is 8.16. The van der Waals surface area contributed by atoms with Gasteiger partial charge in [-0.2, -0.15) is 0 Å². The van der Waals surface area contributed by atoms with Crippen LogP contribution in [0.15, 0.2) is 40.6 Å². The monoisotopic (exact) mass is 368 g/mol. The minimum atomic E-state index is -3.64. The van der Waals surface area contributed by atoms with Gasteiger partial charge in [-0.1, -0.05) is 0 Å². The number of aromatic nitrogens is 3. The van der Waals surface area contributed by atoms with E-state index in [2.05, 4.69) is 26.9 Å². The van der Waals surface area contributed by atoms with Gasteiger partial charge in [0.05, 0.1) is 10.4 Å². The van der Waals surface area contributed by atoms with Crippen LogP contribution in [-0.2, 0) is 23.3 Å². The van der Waals surface area contributed by atoms with E-state index in [1.54, 1.807) is 6.07 Å². The molecule has 1 aromatic carbocycles. The van der Waals surface area contributed by atoms with Crippen molar-refractivity contribution in [3.05, 3.63) is 47.7 Å². The summed E-state index contributed by atoms with van der Waals surface area (Å²) in [5.41, 5.74) is 4.73. The van der Waals surface area contributed by atoms with Crippen molar-refractivity contribution in [2.45, 2.75) is 48.1 Å². The highest BCUT2D eigenvalue weighted by atomic mass is 32.2. The first-order valence-electron chi connectivity index (χ1n) is 8.85. The highest BCUT2D eigenvalue weighted by molar-refractivity contribution is 7.91. The molecule has 0 spiro atoms. The third kappa shape index (κ3) is 2.10. The van der Waals surface area contributed by atoms with Crippen LogP contribution in [-0.4, -0.2) is 29.0 Å². The first-order chi connectivity index (χ1) is 12.5. The minimum Gasteiger partial charge on any atom is -0.347 e. The van der Waals surface area contributed by atoms with Gasteiger partial charge in [0.1, 0.15) is 11.2 Å². The van der Waals surface area contributed by atoms with Gasteiger partial charge in [0.2, 0.25) is 9.84 Å². The van der Waals surface area contributed by atoms with Crippen molar-refractivity contribution in [3.8, 4) is 0 Å². The summed E-state index contributed by atoms with van der Waals surface area (Å²) in [6, 6.07) is 4.47. The quantitative estimate of drug-likeness (QED) is 0.752. The molecule has 1 N–H and O–H groups in total. The number of hydrogen-bond acceptors (Lipinski definition) is 5. The van der Waals surface area contributed by atoms with Crippen molar-refractivity contribution in [2.24, 2.45) is 7.05 Å². The number of nitrogens with zero attached hydrogens (tertiary/aromatic N) is 3. The van der Waals surface area contributed by atoms with Gasteiger partial charge < -0.3 is 9.88 Å². The fourth-order valence-electron chi connectivity index (χ4n) is 4.66. The molecular weight excluding hydrogens is 348 g/mol. The molecule has 0 radical (unpaired) electrons. The number of nitrogens with one attached hydrogen (secondary N) is 1. The Bertz CT molecular complexity index is 1140. The smallest absolute Gasteiger partial charge is 0.209 e. The molecule has 6 nitrogen and oxygen atoms in total. The zero-order chi connectivity index (χ0) is 18.1. The molecule has 3 aromatic rings. The van der Waals surface area contributed by atoms with Crippen LogP contribution in [0.1, 0.15) is 35.7 Å². The van der Waals surface area contributed by atoms with Crippen LogP contribution in [0, 0.1) is 6.92 Å². The van der Waals surface area contributed by atoms with Crippen LogP contribution in [0.3, 0.4) is 0 Å². The van der Waals surface area contributed by atoms with E-state index in [1.807, 2.05) is 13.0 Å². The van der Waals surface area contributed by atoms with E-state index in [0.717, 1.165) is 29.3 Å². The molecule has 2 aromatic heterocycles. The second-order valence-electron chi connectivity index (χ2n) is 7.33. The lowest BCUT2D eigenvalue weighted by atomic mass is 9.98. The number of sulfone groups is 1. The van der Waals surface area contributed by atoms with Gasteiger partial charge in [-0.25, -0.2) is 18.4 Å². The van der Waals surface area contributed by atoms with Crippen molar-refractivity contribution >= 4 is 20.7 Å². The predicted molar refractivity (Wildman–Crippen MR) is 97.7 cm³/mol. The molecule has 7 heteroatoms. The minimum absolute atomic E-state index is 0.127. The third-order valence-electron chi connectivity index (χ3n) is 5.80. The molecule has 26 heavy (non-hydrogen) atoms. The van der Waals surface area contributed by atoms with Crippen LogP contribution < -0.4 is 5.32 Å². The number of benzene rings is 1. The molecule has 0 aliphatic carbocycles. The largest absolute Gasteiger partial charge is 0.347 e. The molecule has 2 bridgehead atoms. The molecule has 0 amide bonds. The van der Waals surface area contributed by atoms with Gasteiger partial charge in [-0.15, -0.1) is 0 Å². The van der Waals surface area contributed by atoms with E-state index >= 15 is 0 Å². The normalized spacial score (nSPS) is 21.9. The van der Waals surface area contributed by atoms with Crippen molar-refractivity contribution in [1.29, 1.82) is 0 Å². The maximum Gasteiger partial charge on any atom is 0.209 e. The summed E-state index contributed by atoms with van der Waals surface area (Å²) in [5.74, 6) is 0. The van der Waals surface area contributed by atoms with E-state index in [1.165, 1.54) is 36.4 Å². The van der Waals surface area contributed by atoms with E-state index < -0.39 is 9.84 Å². The standard InChI is InChI=1S/C19H20N4O2S/c1-11-5-13(26(24,25)14-8-20-10-21-9-14)7-15-18-16-4-3-12(22-16)6-17(18)23(2)19(11)15/h5,7-10,12,16,22H,3-4,6H2,1-2H3. The summed E-state index contributed by atoms with van der Waals surface area (Å²) in [7, 11) is -1.54. The second kappa shape index (κ2) is 5.37. The van der Waals surface area contributed by atoms with Crippen molar-refractivity contribution in [2.75, 3.05) is 0 Å². The Morgan fingerprint density at radius 2 is 1.92 bits per heavy atom. The molecule has 2 atom stereocenters. The molecule has 5 rings (SSSR count). The second-order valence-corrected chi connectivity index (χ2v) is 9.28. The lowest BCUT2D eigenvalue weighted by Crippen LogP contribution is -2.32. The van der Waals surface area contributed by atoms with Gasteiger partial charge in [-0.3, -0.25) is 0 Å². The van der Waals surface area contributed by atoms with Crippen LogP contribution in [0.25, 0.3) is 10.9 Å². The van der Waals surface area contributed by atoms with Gasteiger partial charge in [0.25, 0.3) is 0 Å². The summed E-state index contributed by atoms with van der Waals surface area (Å²) < 4.78 is 28.4. The summed E-state index contributed by atoms with van der Waals surface area (Å²) >= 11 is 0. The molecule has 1 fully saturated rings. The van der Waals surface area contributed by atoms with Crippen LogP contribution >= 0.6 is 0 Å². The number of hydrogen-bond donors (Lipinski definition) is 1. The maximum absolute atomic E-state index is 13.1. The molecule has 2 aliphatic heterocycles. The summed E-state index contributed by atoms with van der Waals surface area (Å²) in [5, 5.41) is 4.73. The van der Waals surface area contributed by atoms with E-state index in [0.29, 0.717) is 17.0 Å². The molecule has 2 aliphatic rings. The average Bonchev–Trinajstić information content (AvgIpc) is 3.15. The summed E-state index contributed by atoms with van der Waals surface area (Å²) in [6.07, 6.45) is 7.34. The zero-order valence-corrected chi connectivity index (χ0v) is 15.5. The Kier molecular flexibility index (Phi) is 3.30. The van der Waals surface area contributed by atoms with E-state index in [-0.39, 0.29) is 4.90 Å². The fourth-order valence-corrected chi connectivity index (χ4v) is 5.94. The first kappa shape index (κ1) is 16.0. The van der Waals surface area contributed by atoms with Crippen molar-refractivity contribution in [3.63, 3.8) is 0 Å². The molecule has 1 saturated heterocycles. The lowest BCUT2D eigenvalue weighted by molar-refractivity contribution is 0.503. The number of fused-ring (bicyclic) bond motifs is 6. The van der Waals surface area contributed by atoms with E-state index in [4.69, 9.17) is 0 Å². The van der Waals surface area contributed by atoms with E-state index in [9.17, 15) is 8.42 Å². The molecular formula is C19H20N4O2S. The maximum atomic E-state index is 13.1. The summed E-state index contributed by atoms with van der Waals surface area (Å²) in [6.45, 7) is 1.99. The zero-order valence-electron chi connectivity index (χ0n) is 14.7. The Labute approximate surface area is 152 Å². The molecule has 2 unspecified atom stereocenters. The Balaban J connectivity index is 1.78. The Hall–Kier alpha value is -2.25. The van der Waals surface area contributed by atoms with Crippen molar-refractivity contribution < 1.29 is 8.42 Å². The molecule has 134 valence electrons. The highest BCUT2D eigenvalue weighted by Crippen LogP contribution is 2.43. The average molecular weight is 368 g/mol. The van der Waals surface area contributed by atoms with Gasteiger partial charge in [-0.05, 0) is 43.0 Å². The van der Waals surface area contributed by atoms with Gasteiger partial charge in [0.15, 0.2) is 0 Å². The van der Waals surface area contributed by atoms with Gasteiger partial charge in [0, 0.05) is 49.0 Å². The Morgan fingerprint density at radius 1 is 1.15 bits per heavy atom. The van der Waals surface area contributed by atoms with Crippen molar-refractivity contribution in [1.82, 2.24) is 19.9 Å². The lowest BCUT2D eigenvalue weighted by Gasteiger charge is -2.23. The molecule has 0 saturated carbocycles. The first-order valence-corrected chi connectivity index (χ1v) is 10.3. The Morgan fingerprint density at radius 3 is 2.69 bits per heavy atom. The third-order valence-corrected chi connectivity index (χ3v) is 7.49. The van der Waals surface area contributed by atoms with Crippen LogP contribution in [0.2, 0.25) is 0 Å². The molecule has 4 heterocycles. The topological polar surface area (TPSA) is 76.9 Å².